The van der Waals surface area contributed by atoms with Gasteiger partial charge in [-0.3, -0.25) is 9.59 Å². The van der Waals surface area contributed by atoms with E-state index in [2.05, 4.69) is 11.8 Å². The number of benzene rings is 2. The molecular formula is C23H23NO3. The molecule has 0 N–H and O–H groups in total. The molecule has 0 fully saturated rings. The summed E-state index contributed by atoms with van der Waals surface area (Å²) in [6.45, 7) is 1.31. The Labute approximate surface area is 160 Å². The van der Waals surface area contributed by atoms with Gasteiger partial charge in [0.2, 0.25) is 0 Å². The van der Waals surface area contributed by atoms with Crippen molar-refractivity contribution in [1.82, 2.24) is 4.90 Å². The zero-order valence-corrected chi connectivity index (χ0v) is 15.5. The molecule has 2 aromatic carbocycles. The summed E-state index contributed by atoms with van der Waals surface area (Å²) in [5.41, 5.74) is 3.54. The van der Waals surface area contributed by atoms with Gasteiger partial charge < -0.3 is 9.64 Å². The number of rotatable bonds is 6. The van der Waals surface area contributed by atoms with Crippen molar-refractivity contribution in [3.63, 3.8) is 0 Å². The minimum atomic E-state index is -0.0705. The highest BCUT2D eigenvalue weighted by Gasteiger charge is 2.25. The van der Waals surface area contributed by atoms with Gasteiger partial charge in [-0.25, -0.2) is 0 Å². The largest absolute Gasteiger partial charge is 0.385 e. The molecule has 0 bridgehead atoms. The lowest BCUT2D eigenvalue weighted by Crippen LogP contribution is -2.40. The molecule has 0 aliphatic carbocycles. The first-order valence-electron chi connectivity index (χ1n) is 9.17. The van der Waals surface area contributed by atoms with Crippen LogP contribution in [0.3, 0.4) is 0 Å². The molecule has 0 spiro atoms. The lowest BCUT2D eigenvalue weighted by molar-refractivity contribution is -0.120. The highest BCUT2D eigenvalue weighted by molar-refractivity contribution is 5.99. The first kappa shape index (κ1) is 18.9. The summed E-state index contributed by atoms with van der Waals surface area (Å²) in [5.74, 6) is 6.30. The van der Waals surface area contributed by atoms with Gasteiger partial charge in [0.05, 0.1) is 6.54 Å². The number of hydrogen-bond acceptors (Lipinski definition) is 3. The quantitative estimate of drug-likeness (QED) is 0.587. The third-order valence-corrected chi connectivity index (χ3v) is 4.57. The first-order valence-corrected chi connectivity index (χ1v) is 9.17. The fourth-order valence-corrected chi connectivity index (χ4v) is 3.14. The highest BCUT2D eigenvalue weighted by Crippen LogP contribution is 2.20. The monoisotopic (exact) mass is 361 g/mol. The van der Waals surface area contributed by atoms with Crippen molar-refractivity contribution >= 4 is 11.7 Å². The third-order valence-electron chi connectivity index (χ3n) is 4.57. The minimum absolute atomic E-state index is 0.0705. The average molecular weight is 361 g/mol. The normalized spacial score (nSPS) is 12.9. The molecule has 0 unspecified atom stereocenters. The zero-order chi connectivity index (χ0) is 19.1. The van der Waals surface area contributed by atoms with Crippen LogP contribution >= 0.6 is 0 Å². The number of ether oxygens (including phenoxy) is 1. The Balaban J connectivity index is 1.67. The second-order valence-corrected chi connectivity index (χ2v) is 6.60. The van der Waals surface area contributed by atoms with Crippen LogP contribution in [0.5, 0.6) is 0 Å². The molecular weight excluding hydrogens is 338 g/mol. The molecule has 0 saturated heterocycles. The van der Waals surface area contributed by atoms with Crippen LogP contribution in [0.15, 0.2) is 48.5 Å². The van der Waals surface area contributed by atoms with Crippen LogP contribution in [-0.2, 0) is 16.0 Å². The Hall–Kier alpha value is -2.90. The van der Waals surface area contributed by atoms with Gasteiger partial charge in [0.15, 0.2) is 5.78 Å². The summed E-state index contributed by atoms with van der Waals surface area (Å²) < 4.78 is 4.97. The number of amides is 1. The van der Waals surface area contributed by atoms with Crippen molar-refractivity contribution in [3.8, 4) is 11.8 Å². The predicted octanol–water partition coefficient (Wildman–Crippen LogP) is 3.08. The summed E-state index contributed by atoms with van der Waals surface area (Å²) in [6.07, 6.45) is 1.88. The topological polar surface area (TPSA) is 46.6 Å². The molecule has 0 aromatic heterocycles. The maximum absolute atomic E-state index is 12.7. The number of fused-ring (bicyclic) bond motifs is 1. The van der Waals surface area contributed by atoms with Crippen LogP contribution < -0.4 is 0 Å². The van der Waals surface area contributed by atoms with Crippen molar-refractivity contribution in [3.05, 3.63) is 70.8 Å². The molecule has 3 rings (SSSR count). The molecule has 1 heterocycles. The lowest BCUT2D eigenvalue weighted by atomic mass is 9.96. The van der Waals surface area contributed by atoms with Crippen LogP contribution in [0.4, 0.5) is 0 Å². The Morgan fingerprint density at radius 2 is 1.89 bits per heavy atom. The van der Waals surface area contributed by atoms with E-state index in [1.54, 1.807) is 12.0 Å². The van der Waals surface area contributed by atoms with E-state index in [9.17, 15) is 9.59 Å². The molecule has 0 radical (unpaired) electrons. The first-order chi connectivity index (χ1) is 13.2. The third kappa shape index (κ3) is 5.06. The van der Waals surface area contributed by atoms with Crippen molar-refractivity contribution in [2.75, 3.05) is 26.8 Å². The van der Waals surface area contributed by atoms with Gasteiger partial charge in [0.25, 0.3) is 5.91 Å². The second-order valence-electron chi connectivity index (χ2n) is 6.60. The maximum atomic E-state index is 12.7. The predicted molar refractivity (Wildman–Crippen MR) is 105 cm³/mol. The van der Waals surface area contributed by atoms with Gasteiger partial charge in [-0.05, 0) is 48.7 Å². The summed E-state index contributed by atoms with van der Waals surface area (Å²) >= 11 is 0. The SMILES string of the molecule is COCCCC(=O)CN1CCc2cc(C#Cc3ccccc3)ccc2C1=O. The van der Waals surface area contributed by atoms with E-state index in [-0.39, 0.29) is 18.2 Å². The zero-order valence-electron chi connectivity index (χ0n) is 15.5. The second kappa shape index (κ2) is 9.16. The highest BCUT2D eigenvalue weighted by atomic mass is 16.5. The van der Waals surface area contributed by atoms with Gasteiger partial charge in [-0.2, -0.15) is 0 Å². The Morgan fingerprint density at radius 1 is 1.11 bits per heavy atom. The molecule has 138 valence electrons. The molecule has 0 atom stereocenters. The van der Waals surface area contributed by atoms with Gasteiger partial charge >= 0.3 is 0 Å². The smallest absolute Gasteiger partial charge is 0.254 e. The molecule has 0 saturated carbocycles. The van der Waals surface area contributed by atoms with Crippen molar-refractivity contribution in [1.29, 1.82) is 0 Å². The number of Topliss-reactive ketones (excluding diaryl/α,β-unsaturated/α-hetero) is 1. The van der Waals surface area contributed by atoms with Crippen LogP contribution in [0.1, 0.15) is 39.9 Å². The van der Waals surface area contributed by atoms with Gasteiger partial charge in [-0.1, -0.05) is 30.0 Å². The molecule has 1 amide bonds. The average Bonchev–Trinajstić information content (AvgIpc) is 2.69. The van der Waals surface area contributed by atoms with Crippen LogP contribution in [0.2, 0.25) is 0 Å². The molecule has 2 aromatic rings. The van der Waals surface area contributed by atoms with Crippen molar-refractivity contribution in [2.45, 2.75) is 19.3 Å². The molecule has 27 heavy (non-hydrogen) atoms. The molecule has 4 heteroatoms. The van der Waals surface area contributed by atoms with Gasteiger partial charge in [-0.15, -0.1) is 0 Å². The van der Waals surface area contributed by atoms with Crippen molar-refractivity contribution in [2.24, 2.45) is 0 Å². The van der Waals surface area contributed by atoms with E-state index >= 15 is 0 Å². The number of methoxy groups -OCH3 is 1. The lowest BCUT2D eigenvalue weighted by Gasteiger charge is -2.28. The number of carbonyl (C=O) groups is 2. The number of nitrogens with zero attached hydrogens (tertiary/aromatic N) is 1. The minimum Gasteiger partial charge on any atom is -0.385 e. The number of carbonyl (C=O) groups excluding carboxylic acids is 2. The number of hydrogen-bond donors (Lipinski definition) is 0. The summed E-state index contributed by atoms with van der Waals surface area (Å²) in [4.78, 5) is 26.4. The van der Waals surface area contributed by atoms with E-state index in [4.69, 9.17) is 4.74 Å². The van der Waals surface area contributed by atoms with Crippen LogP contribution in [0.25, 0.3) is 0 Å². The Morgan fingerprint density at radius 3 is 2.67 bits per heavy atom. The Bertz CT molecular complexity index is 877. The van der Waals surface area contributed by atoms with Gasteiger partial charge in [0.1, 0.15) is 0 Å². The van der Waals surface area contributed by atoms with Crippen molar-refractivity contribution < 1.29 is 14.3 Å². The summed E-state index contributed by atoms with van der Waals surface area (Å²) in [5, 5.41) is 0. The fourth-order valence-electron chi connectivity index (χ4n) is 3.14. The van der Waals surface area contributed by atoms with E-state index in [0.29, 0.717) is 31.6 Å². The van der Waals surface area contributed by atoms with Crippen LogP contribution in [-0.4, -0.2) is 43.4 Å². The summed E-state index contributed by atoms with van der Waals surface area (Å²) in [6, 6.07) is 15.5. The van der Waals surface area contributed by atoms with E-state index in [1.165, 1.54) is 0 Å². The molecule has 4 nitrogen and oxygen atoms in total. The standard InChI is InChI=1S/C23H23NO3/c1-27-15-5-8-21(25)17-24-14-13-20-16-19(11-12-22(20)23(24)26)10-9-18-6-3-2-4-7-18/h2-4,6-7,11-12,16H,5,8,13-15,17H2,1H3. The fraction of sp³-hybridized carbons (Fsp3) is 0.304. The molecule has 1 aliphatic heterocycles. The number of ketones is 1. The van der Waals surface area contributed by atoms with E-state index in [0.717, 1.165) is 23.1 Å². The molecule has 1 aliphatic rings. The maximum Gasteiger partial charge on any atom is 0.254 e. The summed E-state index contributed by atoms with van der Waals surface area (Å²) in [7, 11) is 1.62. The van der Waals surface area contributed by atoms with Gasteiger partial charge in [0, 0.05) is 43.4 Å². The van der Waals surface area contributed by atoms with E-state index < -0.39 is 0 Å². The van der Waals surface area contributed by atoms with Crippen LogP contribution in [0, 0.1) is 11.8 Å². The Kier molecular flexibility index (Phi) is 6.40. The van der Waals surface area contributed by atoms with E-state index in [1.807, 2.05) is 48.5 Å².